The average Bonchev–Trinajstić information content (AvgIpc) is 2.64. The molecule has 1 rings (SSSR count). The molecule has 0 radical (unpaired) electrons. The topological polar surface area (TPSA) is 35.5 Å². The van der Waals surface area contributed by atoms with Gasteiger partial charge in [0.1, 0.15) is 13.5 Å². The number of ether oxygens (including phenoxy) is 2. The maximum absolute atomic E-state index is 12.2. The van der Waals surface area contributed by atoms with Crippen molar-refractivity contribution >= 4 is 13.5 Å². The van der Waals surface area contributed by atoms with E-state index in [1.54, 1.807) is 0 Å². The molecule has 1 aliphatic rings. The molecule has 1 saturated heterocycles. The van der Waals surface area contributed by atoms with Crippen LogP contribution in [0, 0.1) is 0 Å². The summed E-state index contributed by atoms with van der Waals surface area (Å²) in [5.41, 5.74) is 0. The fourth-order valence-electron chi connectivity index (χ4n) is 1.55. The van der Waals surface area contributed by atoms with E-state index in [0.29, 0.717) is 31.5 Å². The monoisotopic (exact) mass is 244 g/mol. The number of rotatable bonds is 4. The molecule has 0 spiro atoms. The van der Waals surface area contributed by atoms with Crippen LogP contribution in [-0.4, -0.2) is 33.0 Å². The van der Waals surface area contributed by atoms with E-state index in [1.807, 2.05) is 0 Å². The van der Waals surface area contributed by atoms with Crippen LogP contribution < -0.4 is 0 Å². The summed E-state index contributed by atoms with van der Waals surface area (Å²) in [6, 6.07) is 0. The van der Waals surface area contributed by atoms with Crippen LogP contribution in [0.1, 0.15) is 33.6 Å². The summed E-state index contributed by atoms with van der Waals surface area (Å²) in [5, 5.41) is 0.556. The highest BCUT2D eigenvalue weighted by Gasteiger charge is 2.41. The lowest BCUT2D eigenvalue weighted by Gasteiger charge is -2.35. The van der Waals surface area contributed by atoms with Crippen molar-refractivity contribution in [3.63, 3.8) is 0 Å². The smallest absolute Gasteiger partial charge is 0.158 e. The molecule has 1 heterocycles. The van der Waals surface area contributed by atoms with Crippen LogP contribution in [0.25, 0.3) is 0 Å². The molecule has 0 aliphatic carbocycles. The van der Waals surface area contributed by atoms with Gasteiger partial charge in [0.2, 0.25) is 0 Å². The summed E-state index contributed by atoms with van der Waals surface area (Å²) in [7, 11) is -1.83. The minimum absolute atomic E-state index is 0.126. The first kappa shape index (κ1) is 13.9. The predicted octanol–water partition coefficient (Wildman–Crippen LogP) is 2.76. The highest BCUT2D eigenvalue weighted by atomic mass is 28.3. The molecule has 1 fully saturated rings. The maximum atomic E-state index is 12.2. The molecular formula is C12H24O3Si. The quantitative estimate of drug-likeness (QED) is 0.713. The van der Waals surface area contributed by atoms with Crippen LogP contribution in [0.4, 0.5) is 0 Å². The molecule has 0 unspecified atom stereocenters. The molecule has 0 aromatic rings. The second-order valence-corrected chi connectivity index (χ2v) is 11.3. The number of hydrogen-bond acceptors (Lipinski definition) is 3. The largest absolute Gasteiger partial charge is 0.350 e. The standard InChI is InChI=1S/C12H24O3Si/c1-12(2,3)16(4,5)10(13)6-7-11-14-8-9-15-11/h11H,6-9H2,1-5H3. The molecule has 0 aromatic heterocycles. The normalized spacial score (nSPS) is 19.1. The molecule has 0 saturated carbocycles. The Balaban J connectivity index is 2.45. The number of hydrogen-bond donors (Lipinski definition) is 0. The Labute approximate surface area is 99.5 Å². The summed E-state index contributed by atoms with van der Waals surface area (Å²) in [6.07, 6.45) is 1.17. The lowest BCUT2D eigenvalue weighted by Crippen LogP contribution is -2.46. The molecule has 94 valence electrons. The highest BCUT2D eigenvalue weighted by molar-refractivity contribution is 7.06. The van der Waals surface area contributed by atoms with Gasteiger partial charge in [0.15, 0.2) is 6.29 Å². The first-order valence-corrected chi connectivity index (χ1v) is 9.01. The van der Waals surface area contributed by atoms with E-state index >= 15 is 0 Å². The Hall–Kier alpha value is -0.193. The second kappa shape index (κ2) is 4.98. The van der Waals surface area contributed by atoms with Gasteiger partial charge < -0.3 is 14.3 Å². The van der Waals surface area contributed by atoms with E-state index in [9.17, 15) is 4.79 Å². The van der Waals surface area contributed by atoms with Gasteiger partial charge in [0, 0.05) is 12.8 Å². The van der Waals surface area contributed by atoms with Crippen LogP contribution in [-0.2, 0) is 14.3 Å². The molecule has 4 heteroatoms. The minimum Gasteiger partial charge on any atom is -0.350 e. The summed E-state index contributed by atoms with van der Waals surface area (Å²) < 4.78 is 10.7. The zero-order chi connectivity index (χ0) is 12.4. The van der Waals surface area contributed by atoms with Crippen molar-refractivity contribution < 1.29 is 14.3 Å². The van der Waals surface area contributed by atoms with Crippen molar-refractivity contribution in [2.24, 2.45) is 0 Å². The molecule has 0 atom stereocenters. The first-order valence-electron chi connectivity index (χ1n) is 6.01. The zero-order valence-electron chi connectivity index (χ0n) is 11.1. The Morgan fingerprint density at radius 2 is 1.75 bits per heavy atom. The minimum atomic E-state index is -1.83. The molecule has 0 aromatic carbocycles. The molecule has 3 nitrogen and oxygen atoms in total. The molecule has 0 bridgehead atoms. The fraction of sp³-hybridized carbons (Fsp3) is 0.917. The van der Waals surface area contributed by atoms with Crippen LogP contribution in [0.5, 0.6) is 0 Å². The number of carbonyl (C=O) groups excluding carboxylic acids is 1. The van der Waals surface area contributed by atoms with Gasteiger partial charge in [0.25, 0.3) is 0 Å². The summed E-state index contributed by atoms with van der Waals surface area (Å²) in [6.45, 7) is 12.1. The third-order valence-corrected chi connectivity index (χ3v) is 9.26. The van der Waals surface area contributed by atoms with Gasteiger partial charge in [-0.25, -0.2) is 0 Å². The van der Waals surface area contributed by atoms with Crippen LogP contribution in [0.2, 0.25) is 18.1 Å². The highest BCUT2D eigenvalue weighted by Crippen LogP contribution is 2.37. The van der Waals surface area contributed by atoms with E-state index in [-0.39, 0.29) is 11.3 Å². The third-order valence-electron chi connectivity index (χ3n) is 3.87. The van der Waals surface area contributed by atoms with Gasteiger partial charge in [-0.05, 0) is 5.04 Å². The van der Waals surface area contributed by atoms with Crippen LogP contribution in [0.3, 0.4) is 0 Å². The predicted molar refractivity (Wildman–Crippen MR) is 67.1 cm³/mol. The number of carbonyl (C=O) groups is 1. The van der Waals surface area contributed by atoms with Gasteiger partial charge in [-0.1, -0.05) is 33.9 Å². The molecular weight excluding hydrogens is 220 g/mol. The van der Waals surface area contributed by atoms with Crippen molar-refractivity contribution in [2.45, 2.75) is 58.0 Å². The van der Waals surface area contributed by atoms with Gasteiger partial charge in [-0.15, -0.1) is 0 Å². The van der Waals surface area contributed by atoms with E-state index in [0.717, 1.165) is 0 Å². The van der Waals surface area contributed by atoms with E-state index in [1.165, 1.54) is 0 Å². The van der Waals surface area contributed by atoms with Crippen molar-refractivity contribution in [2.75, 3.05) is 13.2 Å². The maximum Gasteiger partial charge on any atom is 0.158 e. The lowest BCUT2D eigenvalue weighted by molar-refractivity contribution is -0.115. The SMILES string of the molecule is CC(C)(C)[Si](C)(C)C(=O)CCC1OCCO1. The summed E-state index contributed by atoms with van der Waals surface area (Å²) >= 11 is 0. The van der Waals surface area contributed by atoms with E-state index in [2.05, 4.69) is 33.9 Å². The lowest BCUT2D eigenvalue weighted by atomic mass is 10.2. The van der Waals surface area contributed by atoms with Crippen molar-refractivity contribution in [3.05, 3.63) is 0 Å². The third kappa shape index (κ3) is 3.15. The van der Waals surface area contributed by atoms with E-state index < -0.39 is 8.07 Å². The Morgan fingerprint density at radius 3 is 2.19 bits per heavy atom. The van der Waals surface area contributed by atoms with Gasteiger partial charge in [-0.2, -0.15) is 0 Å². The molecule has 1 aliphatic heterocycles. The van der Waals surface area contributed by atoms with Gasteiger partial charge in [-0.3, -0.25) is 0 Å². The average molecular weight is 244 g/mol. The molecule has 0 amide bonds. The summed E-state index contributed by atoms with van der Waals surface area (Å²) in [4.78, 5) is 12.2. The summed E-state index contributed by atoms with van der Waals surface area (Å²) in [5.74, 6) is 0. The first-order chi connectivity index (χ1) is 7.25. The fourth-order valence-corrected chi connectivity index (χ4v) is 3.16. The second-order valence-electron chi connectivity index (χ2n) is 6.01. The van der Waals surface area contributed by atoms with Crippen molar-refractivity contribution in [3.8, 4) is 0 Å². The Morgan fingerprint density at radius 1 is 1.25 bits per heavy atom. The van der Waals surface area contributed by atoms with Gasteiger partial charge >= 0.3 is 0 Å². The molecule has 16 heavy (non-hydrogen) atoms. The Bertz CT molecular complexity index is 249. The molecule has 0 N–H and O–H groups in total. The van der Waals surface area contributed by atoms with Crippen molar-refractivity contribution in [1.29, 1.82) is 0 Å². The van der Waals surface area contributed by atoms with Crippen LogP contribution >= 0.6 is 0 Å². The van der Waals surface area contributed by atoms with Crippen molar-refractivity contribution in [1.82, 2.24) is 0 Å². The zero-order valence-corrected chi connectivity index (χ0v) is 12.1. The van der Waals surface area contributed by atoms with E-state index in [4.69, 9.17) is 9.47 Å². The van der Waals surface area contributed by atoms with Gasteiger partial charge in [0.05, 0.1) is 13.2 Å². The Kier molecular flexibility index (Phi) is 4.32. The van der Waals surface area contributed by atoms with Crippen LogP contribution in [0.15, 0.2) is 0 Å².